The summed E-state index contributed by atoms with van der Waals surface area (Å²) < 4.78 is 0. The van der Waals surface area contributed by atoms with Gasteiger partial charge in [-0.3, -0.25) is 14.4 Å². The van der Waals surface area contributed by atoms with Crippen LogP contribution >= 0.6 is 0 Å². The molecule has 0 spiro atoms. The molecule has 0 saturated heterocycles. The topological polar surface area (TPSA) is 87.3 Å². The molecule has 0 unspecified atom stereocenters. The van der Waals surface area contributed by atoms with E-state index in [0.29, 0.717) is 17.1 Å². The average molecular weight is 452 g/mol. The Hall–Kier alpha value is -4.71. The maximum atomic E-state index is 13.0. The summed E-state index contributed by atoms with van der Waals surface area (Å²) in [6.45, 7) is 9.26. The van der Waals surface area contributed by atoms with E-state index in [2.05, 4.69) is 29.1 Å². The summed E-state index contributed by atoms with van der Waals surface area (Å²) in [6, 6.07) is 20.6. The first-order valence-corrected chi connectivity index (χ1v) is 10.5. The maximum Gasteiger partial charge on any atom is 0.255 e. The van der Waals surface area contributed by atoms with E-state index >= 15 is 0 Å². The van der Waals surface area contributed by atoms with E-state index in [-0.39, 0.29) is 16.7 Å². The van der Waals surface area contributed by atoms with Crippen LogP contribution in [0.2, 0.25) is 0 Å². The summed E-state index contributed by atoms with van der Waals surface area (Å²) in [6.07, 6.45) is 4.77. The Morgan fingerprint density at radius 2 is 1.29 bits per heavy atom. The molecule has 34 heavy (non-hydrogen) atoms. The molecule has 0 fully saturated rings. The highest BCUT2D eigenvalue weighted by Crippen LogP contribution is 2.17. The largest absolute Gasteiger partial charge is 0.323 e. The lowest BCUT2D eigenvalue weighted by Crippen LogP contribution is -2.23. The van der Waals surface area contributed by atoms with Gasteiger partial charge in [0.25, 0.3) is 17.7 Å². The molecule has 0 aliphatic rings. The van der Waals surface area contributed by atoms with Gasteiger partial charge in [-0.05, 0) is 61.0 Å². The molecule has 170 valence electrons. The van der Waals surface area contributed by atoms with Crippen LogP contribution in [0.3, 0.4) is 0 Å². The average Bonchev–Trinajstić information content (AvgIpc) is 2.83. The second-order valence-electron chi connectivity index (χ2n) is 7.52. The van der Waals surface area contributed by atoms with Gasteiger partial charge < -0.3 is 16.0 Å². The summed E-state index contributed by atoms with van der Waals surface area (Å²) in [4.78, 5) is 38.7. The van der Waals surface area contributed by atoms with Gasteiger partial charge in [-0.15, -0.1) is 0 Å². The van der Waals surface area contributed by atoms with Crippen molar-refractivity contribution in [2.45, 2.75) is 6.92 Å². The molecule has 0 atom stereocenters. The molecule has 3 amide bonds. The lowest BCUT2D eigenvalue weighted by molar-refractivity contribution is 0.0967. The van der Waals surface area contributed by atoms with E-state index in [1.54, 1.807) is 48.6 Å². The van der Waals surface area contributed by atoms with E-state index in [4.69, 9.17) is 0 Å². The minimum atomic E-state index is -0.502. The Morgan fingerprint density at radius 1 is 0.735 bits per heavy atom. The van der Waals surface area contributed by atoms with Gasteiger partial charge in [-0.1, -0.05) is 55.6 Å². The van der Waals surface area contributed by atoms with Crippen LogP contribution in [0.5, 0.6) is 0 Å². The number of benzene rings is 3. The highest BCUT2D eigenvalue weighted by molar-refractivity contribution is 6.11. The number of hydrogen-bond donors (Lipinski definition) is 3. The number of para-hydroxylation sites is 1. The van der Waals surface area contributed by atoms with Crippen molar-refractivity contribution in [3.05, 3.63) is 132 Å². The van der Waals surface area contributed by atoms with Crippen molar-refractivity contribution >= 4 is 29.1 Å². The first-order valence-electron chi connectivity index (χ1n) is 10.5. The standard InChI is InChI=1S/C28H25N3O3/c1-4-5-11-20(3)29-26(32)21-16-22(27(33)30-24-12-7-6-8-13-24)18-23(17-21)28(34)31-25-14-9-10-19(2)15-25/h4-18H,1,3H2,2H3,(H,29,32)(H,30,33)(H,31,34)/b11-5-. The van der Waals surface area contributed by atoms with Crippen LogP contribution in [0.4, 0.5) is 11.4 Å². The van der Waals surface area contributed by atoms with Crippen molar-refractivity contribution in [2.75, 3.05) is 10.6 Å². The van der Waals surface area contributed by atoms with Crippen LogP contribution in [-0.2, 0) is 0 Å². The highest BCUT2D eigenvalue weighted by atomic mass is 16.2. The van der Waals surface area contributed by atoms with Gasteiger partial charge in [0.1, 0.15) is 0 Å². The minimum absolute atomic E-state index is 0.142. The summed E-state index contributed by atoms with van der Waals surface area (Å²) in [5.41, 5.74) is 3.00. The molecule has 3 aromatic carbocycles. The third kappa shape index (κ3) is 6.64. The number of allylic oxidation sites excluding steroid dienone is 3. The lowest BCUT2D eigenvalue weighted by atomic mass is 10.0. The Kier molecular flexibility index (Phi) is 7.92. The molecule has 3 aromatic rings. The van der Waals surface area contributed by atoms with Crippen LogP contribution in [0, 0.1) is 6.92 Å². The number of carbonyl (C=O) groups excluding carboxylic acids is 3. The zero-order chi connectivity index (χ0) is 24.5. The molecule has 0 heterocycles. The molecule has 0 bridgehead atoms. The van der Waals surface area contributed by atoms with E-state index < -0.39 is 17.7 Å². The monoisotopic (exact) mass is 451 g/mol. The van der Waals surface area contributed by atoms with Crippen LogP contribution in [-0.4, -0.2) is 17.7 Å². The minimum Gasteiger partial charge on any atom is -0.323 e. The zero-order valence-corrected chi connectivity index (χ0v) is 18.8. The van der Waals surface area contributed by atoms with E-state index in [1.807, 2.05) is 31.2 Å². The first kappa shape index (κ1) is 23.9. The fraction of sp³-hybridized carbons (Fsp3) is 0.0357. The normalized spacial score (nSPS) is 10.4. The number of amides is 3. The quantitative estimate of drug-likeness (QED) is 0.396. The van der Waals surface area contributed by atoms with Gasteiger partial charge >= 0.3 is 0 Å². The number of hydrogen-bond acceptors (Lipinski definition) is 3. The Balaban J connectivity index is 1.93. The molecule has 6 nitrogen and oxygen atoms in total. The Labute approximate surface area is 198 Å². The molecule has 3 N–H and O–H groups in total. The van der Waals surface area contributed by atoms with Crippen molar-refractivity contribution in [1.29, 1.82) is 0 Å². The molecule has 0 aliphatic heterocycles. The molecule has 0 aromatic heterocycles. The lowest BCUT2D eigenvalue weighted by Gasteiger charge is -2.12. The van der Waals surface area contributed by atoms with Gasteiger partial charge in [0.15, 0.2) is 0 Å². The predicted octanol–water partition coefficient (Wildman–Crippen LogP) is 5.49. The summed E-state index contributed by atoms with van der Waals surface area (Å²) in [5, 5.41) is 8.22. The van der Waals surface area contributed by atoms with Crippen molar-refractivity contribution in [3.63, 3.8) is 0 Å². The highest BCUT2D eigenvalue weighted by Gasteiger charge is 2.17. The molecule has 6 heteroatoms. The fourth-order valence-electron chi connectivity index (χ4n) is 3.12. The van der Waals surface area contributed by atoms with Gasteiger partial charge in [0.2, 0.25) is 0 Å². The Bertz CT molecular complexity index is 1280. The summed E-state index contributed by atoms with van der Waals surface area (Å²) in [5.74, 6) is -1.40. The third-order valence-corrected chi connectivity index (χ3v) is 4.73. The SMILES string of the molecule is C=C/C=C\C(=C)NC(=O)c1cc(C(=O)Nc2ccccc2)cc(C(=O)Nc2cccc(C)c2)c1. The number of rotatable bonds is 8. The molecule has 0 aliphatic carbocycles. The molecule has 3 rings (SSSR count). The second-order valence-corrected chi connectivity index (χ2v) is 7.52. The maximum absolute atomic E-state index is 13.0. The van der Waals surface area contributed by atoms with Gasteiger partial charge in [-0.2, -0.15) is 0 Å². The molecular formula is C28H25N3O3. The first-order chi connectivity index (χ1) is 16.4. The van der Waals surface area contributed by atoms with Crippen LogP contribution in [0.25, 0.3) is 0 Å². The van der Waals surface area contributed by atoms with Crippen molar-refractivity contribution in [2.24, 2.45) is 0 Å². The third-order valence-electron chi connectivity index (χ3n) is 4.73. The van der Waals surface area contributed by atoms with E-state index in [1.165, 1.54) is 18.2 Å². The van der Waals surface area contributed by atoms with Crippen LogP contribution in [0.1, 0.15) is 36.6 Å². The van der Waals surface area contributed by atoms with Crippen LogP contribution in [0.15, 0.2) is 110 Å². The Morgan fingerprint density at radius 3 is 1.88 bits per heavy atom. The number of aryl methyl sites for hydroxylation is 1. The fourth-order valence-corrected chi connectivity index (χ4v) is 3.12. The second kappa shape index (κ2) is 11.2. The predicted molar refractivity (Wildman–Crippen MR) is 136 cm³/mol. The number of carbonyl (C=O) groups is 3. The summed E-state index contributed by atoms with van der Waals surface area (Å²) in [7, 11) is 0. The summed E-state index contributed by atoms with van der Waals surface area (Å²) >= 11 is 0. The molecule has 0 radical (unpaired) electrons. The molecular weight excluding hydrogens is 426 g/mol. The number of nitrogens with one attached hydrogen (secondary N) is 3. The van der Waals surface area contributed by atoms with Crippen molar-refractivity contribution in [3.8, 4) is 0 Å². The van der Waals surface area contributed by atoms with Crippen LogP contribution < -0.4 is 16.0 Å². The van der Waals surface area contributed by atoms with E-state index in [9.17, 15) is 14.4 Å². The van der Waals surface area contributed by atoms with Gasteiger partial charge in [-0.25, -0.2) is 0 Å². The molecule has 0 saturated carbocycles. The van der Waals surface area contributed by atoms with Crippen molar-refractivity contribution in [1.82, 2.24) is 5.32 Å². The van der Waals surface area contributed by atoms with E-state index in [0.717, 1.165) is 5.56 Å². The zero-order valence-electron chi connectivity index (χ0n) is 18.8. The van der Waals surface area contributed by atoms with Gasteiger partial charge in [0, 0.05) is 33.8 Å². The van der Waals surface area contributed by atoms with Gasteiger partial charge in [0.05, 0.1) is 0 Å². The van der Waals surface area contributed by atoms with Crippen molar-refractivity contribution < 1.29 is 14.4 Å². The number of anilines is 2. The smallest absolute Gasteiger partial charge is 0.255 e.